The Morgan fingerprint density at radius 2 is 1.71 bits per heavy atom. The molecule has 5 nitrogen and oxygen atoms in total. The van der Waals surface area contributed by atoms with E-state index in [1.54, 1.807) is 12.1 Å². The van der Waals surface area contributed by atoms with Crippen molar-refractivity contribution in [3.05, 3.63) is 100 Å². The molecule has 3 unspecified atom stereocenters. The summed E-state index contributed by atoms with van der Waals surface area (Å²) < 4.78 is 19.1. The zero-order valence-corrected chi connectivity index (χ0v) is 20.3. The predicted octanol–water partition coefficient (Wildman–Crippen LogP) is 5.08. The highest BCUT2D eigenvalue weighted by molar-refractivity contribution is 6.08. The summed E-state index contributed by atoms with van der Waals surface area (Å²) in [5, 5.41) is 0. The van der Waals surface area contributed by atoms with Crippen LogP contribution in [0.1, 0.15) is 49.7 Å². The minimum Gasteiger partial charge on any atom is -0.465 e. The number of quaternary nitrogens is 1. The number of aryl methyl sites for hydroxylation is 1. The lowest BCUT2D eigenvalue weighted by Crippen LogP contribution is -2.56. The van der Waals surface area contributed by atoms with Gasteiger partial charge in [-0.05, 0) is 55.0 Å². The number of nitrogens with zero attached hydrogens (tertiary/aromatic N) is 2. The highest BCUT2D eigenvalue weighted by atomic mass is 19.1. The minimum atomic E-state index is -0.345. The number of carbonyl (C=O) groups is 2. The molecule has 1 fully saturated rings. The molecule has 0 spiro atoms. The number of fused-ring (bicyclic) bond motifs is 3. The molecule has 180 valence electrons. The monoisotopic (exact) mass is 473 g/mol. The second kappa shape index (κ2) is 8.93. The molecule has 35 heavy (non-hydrogen) atoms. The van der Waals surface area contributed by atoms with Gasteiger partial charge in [0.15, 0.2) is 0 Å². The fourth-order valence-corrected chi connectivity index (χ4v) is 5.76. The first-order valence-electron chi connectivity index (χ1n) is 12.0. The third kappa shape index (κ3) is 4.34. The Hall–Kier alpha value is -3.51. The van der Waals surface area contributed by atoms with Crippen LogP contribution in [0.25, 0.3) is 0 Å². The number of likely N-dealkylation sites (N-methyl/N-ethyl adjacent to an activating group) is 1. The van der Waals surface area contributed by atoms with Crippen LogP contribution >= 0.6 is 0 Å². The number of esters is 1. The molecule has 2 aliphatic heterocycles. The van der Waals surface area contributed by atoms with Gasteiger partial charge in [0, 0.05) is 23.2 Å². The molecule has 6 heteroatoms. The molecule has 3 aromatic rings. The quantitative estimate of drug-likeness (QED) is 0.392. The molecule has 0 aliphatic carbocycles. The van der Waals surface area contributed by atoms with E-state index in [-0.39, 0.29) is 29.7 Å². The van der Waals surface area contributed by atoms with E-state index in [9.17, 15) is 14.0 Å². The molecular formula is C29H30FN2O3+. The van der Waals surface area contributed by atoms with Gasteiger partial charge in [-0.3, -0.25) is 4.79 Å². The molecule has 2 heterocycles. The Balaban J connectivity index is 1.42. The van der Waals surface area contributed by atoms with E-state index < -0.39 is 0 Å². The number of hydrogen-bond acceptors (Lipinski definition) is 3. The first kappa shape index (κ1) is 23.2. The minimum absolute atomic E-state index is 0.0721. The summed E-state index contributed by atoms with van der Waals surface area (Å²) in [4.78, 5) is 27.3. The molecule has 1 saturated heterocycles. The van der Waals surface area contributed by atoms with E-state index in [1.807, 2.05) is 29.2 Å². The highest BCUT2D eigenvalue weighted by Crippen LogP contribution is 2.47. The fourth-order valence-electron chi connectivity index (χ4n) is 5.76. The number of halogens is 1. The molecule has 0 aromatic heterocycles. The van der Waals surface area contributed by atoms with E-state index in [1.165, 1.54) is 35.9 Å². The van der Waals surface area contributed by atoms with Crippen molar-refractivity contribution >= 4 is 17.6 Å². The van der Waals surface area contributed by atoms with E-state index in [0.29, 0.717) is 11.1 Å². The number of likely N-dealkylation sites (tertiary alicyclic amines) is 1. The Morgan fingerprint density at radius 3 is 2.40 bits per heavy atom. The largest absolute Gasteiger partial charge is 0.465 e. The van der Waals surface area contributed by atoms with Crippen LogP contribution in [0, 0.1) is 12.7 Å². The van der Waals surface area contributed by atoms with Crippen molar-refractivity contribution in [2.45, 2.75) is 31.8 Å². The number of piperidine rings is 1. The number of anilines is 1. The lowest BCUT2D eigenvalue weighted by Gasteiger charge is -2.44. The molecule has 0 bridgehead atoms. The third-order valence-electron chi connectivity index (χ3n) is 7.49. The lowest BCUT2D eigenvalue weighted by molar-refractivity contribution is -0.928. The first-order chi connectivity index (χ1) is 16.8. The average molecular weight is 474 g/mol. The van der Waals surface area contributed by atoms with Crippen molar-refractivity contribution in [3.63, 3.8) is 0 Å². The van der Waals surface area contributed by atoms with Gasteiger partial charge < -0.3 is 14.1 Å². The molecule has 3 aromatic carbocycles. The van der Waals surface area contributed by atoms with Gasteiger partial charge in [-0.15, -0.1) is 0 Å². The normalized spacial score (nSPS) is 22.9. The number of amides is 1. The van der Waals surface area contributed by atoms with Gasteiger partial charge in [0.05, 0.1) is 44.8 Å². The van der Waals surface area contributed by atoms with Gasteiger partial charge in [0.2, 0.25) is 0 Å². The third-order valence-corrected chi connectivity index (χ3v) is 7.49. The Morgan fingerprint density at radius 1 is 1.03 bits per heavy atom. The molecule has 5 rings (SSSR count). The van der Waals surface area contributed by atoms with Gasteiger partial charge in [-0.2, -0.15) is 0 Å². The number of methoxy groups -OCH3 is 1. The van der Waals surface area contributed by atoms with Crippen LogP contribution in [-0.2, 0) is 11.3 Å². The van der Waals surface area contributed by atoms with E-state index in [4.69, 9.17) is 4.74 Å². The topological polar surface area (TPSA) is 46.6 Å². The molecule has 2 aliphatic rings. The van der Waals surface area contributed by atoms with E-state index >= 15 is 0 Å². The summed E-state index contributed by atoms with van der Waals surface area (Å²) >= 11 is 0. The van der Waals surface area contributed by atoms with Gasteiger partial charge in [0.25, 0.3) is 5.91 Å². The number of ether oxygens (including phenoxy) is 1. The van der Waals surface area contributed by atoms with E-state index in [0.717, 1.165) is 36.2 Å². The summed E-state index contributed by atoms with van der Waals surface area (Å²) in [7, 11) is 3.66. The number of rotatable bonds is 4. The van der Waals surface area contributed by atoms with Crippen LogP contribution in [0.15, 0.2) is 66.7 Å². The van der Waals surface area contributed by atoms with Gasteiger partial charge >= 0.3 is 5.97 Å². The van der Waals surface area contributed by atoms with Gasteiger partial charge in [0.1, 0.15) is 12.4 Å². The lowest BCUT2D eigenvalue weighted by atomic mass is 9.87. The summed E-state index contributed by atoms with van der Waals surface area (Å²) in [5.74, 6) is -0.525. The standard InChI is InChI=1S/C29H30FN2O3/c1-19-4-13-26-24(16-19)25-18-32(2,17-20-5-7-22(8-6-20)29(34)35-3)15-14-27(25)31(26)28(33)21-9-11-23(30)12-10-21/h4-13,16,25,27H,14-15,17-18H2,1-3H3/q+1. The summed E-state index contributed by atoms with van der Waals surface area (Å²) in [5.41, 5.74) is 5.59. The molecule has 1 amide bonds. The van der Waals surface area contributed by atoms with Crippen molar-refractivity contribution in [2.75, 3.05) is 32.1 Å². The Kier molecular flexibility index (Phi) is 5.93. The summed E-state index contributed by atoms with van der Waals surface area (Å²) in [6.45, 7) is 4.77. The zero-order chi connectivity index (χ0) is 24.7. The van der Waals surface area contributed by atoms with Crippen molar-refractivity contribution < 1.29 is 23.2 Å². The van der Waals surface area contributed by atoms with Crippen LogP contribution in [0.2, 0.25) is 0 Å². The molecule has 0 radical (unpaired) electrons. The molecule has 3 atom stereocenters. The van der Waals surface area contributed by atoms with E-state index in [2.05, 4.69) is 32.2 Å². The van der Waals surface area contributed by atoms with Crippen LogP contribution in [0.3, 0.4) is 0 Å². The number of carbonyl (C=O) groups excluding carboxylic acids is 2. The average Bonchev–Trinajstić information content (AvgIpc) is 3.16. The smallest absolute Gasteiger partial charge is 0.337 e. The van der Waals surface area contributed by atoms with Crippen LogP contribution in [0.4, 0.5) is 10.1 Å². The molecular weight excluding hydrogens is 443 g/mol. The maximum atomic E-state index is 13.6. The SMILES string of the molecule is COC(=O)c1ccc(C[N+]2(C)CCC3C(C2)c2cc(C)ccc2N3C(=O)c2ccc(F)cc2)cc1. The molecule has 0 N–H and O–H groups in total. The van der Waals surface area contributed by atoms with Crippen LogP contribution in [0.5, 0.6) is 0 Å². The second-order valence-corrected chi connectivity index (χ2v) is 10.1. The summed E-state index contributed by atoms with van der Waals surface area (Å²) in [6.07, 6.45) is 0.877. The van der Waals surface area contributed by atoms with Crippen LogP contribution < -0.4 is 4.90 Å². The van der Waals surface area contributed by atoms with Crippen LogP contribution in [-0.4, -0.2) is 49.6 Å². The van der Waals surface area contributed by atoms with Crippen molar-refractivity contribution in [1.29, 1.82) is 0 Å². The van der Waals surface area contributed by atoms with Gasteiger partial charge in [-0.1, -0.05) is 29.8 Å². The number of hydrogen-bond donors (Lipinski definition) is 0. The predicted molar refractivity (Wildman–Crippen MR) is 133 cm³/mol. The van der Waals surface area contributed by atoms with Crippen molar-refractivity contribution in [3.8, 4) is 0 Å². The second-order valence-electron chi connectivity index (χ2n) is 10.1. The fraction of sp³-hybridized carbons (Fsp3) is 0.310. The zero-order valence-electron chi connectivity index (χ0n) is 20.3. The van der Waals surface area contributed by atoms with Crippen molar-refractivity contribution in [2.24, 2.45) is 0 Å². The van der Waals surface area contributed by atoms with Gasteiger partial charge in [-0.25, -0.2) is 9.18 Å². The first-order valence-corrected chi connectivity index (χ1v) is 12.0. The number of benzene rings is 3. The Labute approximate surface area is 205 Å². The maximum Gasteiger partial charge on any atom is 0.337 e. The maximum absolute atomic E-state index is 13.6. The Bertz CT molecular complexity index is 1270. The van der Waals surface area contributed by atoms with Crippen molar-refractivity contribution in [1.82, 2.24) is 0 Å². The summed E-state index contributed by atoms with van der Waals surface area (Å²) in [6, 6.07) is 19.9. The molecule has 0 saturated carbocycles. The highest BCUT2D eigenvalue weighted by Gasteiger charge is 2.49.